The third-order valence-electron chi connectivity index (χ3n) is 4.87. The smallest absolute Gasteiger partial charge is 0.167 e. The Morgan fingerprint density at radius 3 is 2.83 bits per heavy atom. The van der Waals surface area contributed by atoms with Crippen molar-refractivity contribution in [2.24, 2.45) is 0 Å². The molecule has 1 aromatic heterocycles. The molecule has 1 aliphatic heterocycles. The fraction of sp³-hybridized carbons (Fsp3) is 0.556. The molecule has 2 aromatic rings. The van der Waals surface area contributed by atoms with Gasteiger partial charge in [0.2, 0.25) is 0 Å². The van der Waals surface area contributed by atoms with Gasteiger partial charge in [-0.3, -0.25) is 0 Å². The van der Waals surface area contributed by atoms with Crippen LogP contribution >= 0.6 is 0 Å². The van der Waals surface area contributed by atoms with E-state index in [0.29, 0.717) is 12.1 Å². The van der Waals surface area contributed by atoms with Gasteiger partial charge in [-0.05, 0) is 25.3 Å². The Kier molecular flexibility index (Phi) is 4.85. The number of halogens is 1. The predicted octanol–water partition coefficient (Wildman–Crippen LogP) is 3.56. The third-order valence-corrected chi connectivity index (χ3v) is 4.87. The molecule has 1 unspecified atom stereocenters. The van der Waals surface area contributed by atoms with E-state index in [2.05, 4.69) is 21.8 Å². The minimum absolute atomic E-state index is 0.0631. The Bertz CT molecular complexity index is 717. The van der Waals surface area contributed by atoms with Crippen LogP contribution < -0.4 is 9.64 Å². The highest BCUT2D eigenvalue weighted by molar-refractivity contribution is 5.91. The van der Waals surface area contributed by atoms with Gasteiger partial charge in [0.05, 0.1) is 24.8 Å². The first-order valence-electron chi connectivity index (χ1n) is 8.40. The molecule has 0 bridgehead atoms. The summed E-state index contributed by atoms with van der Waals surface area (Å²) in [5.74, 6) is 0.639. The second-order valence-electron chi connectivity index (χ2n) is 6.36. The van der Waals surface area contributed by atoms with E-state index < -0.39 is 5.82 Å². The highest BCUT2D eigenvalue weighted by atomic mass is 19.1. The third kappa shape index (κ3) is 2.79. The number of rotatable bonds is 6. The second kappa shape index (κ2) is 6.89. The van der Waals surface area contributed by atoms with Crippen molar-refractivity contribution in [1.82, 2.24) is 9.97 Å². The predicted molar refractivity (Wildman–Crippen MR) is 92.1 cm³/mol. The SMILES string of the molecule is CCCC1(COC)CCCN1c1ncnc2cc(F)c(OC)cc12. The van der Waals surface area contributed by atoms with Crippen molar-refractivity contribution >= 4 is 16.7 Å². The lowest BCUT2D eigenvalue weighted by Crippen LogP contribution is -2.48. The maximum Gasteiger partial charge on any atom is 0.167 e. The van der Waals surface area contributed by atoms with Crippen LogP contribution in [0.3, 0.4) is 0 Å². The molecule has 5 nitrogen and oxygen atoms in total. The van der Waals surface area contributed by atoms with Crippen molar-refractivity contribution in [3.63, 3.8) is 0 Å². The zero-order valence-corrected chi connectivity index (χ0v) is 14.5. The lowest BCUT2D eigenvalue weighted by molar-refractivity contribution is 0.127. The molecule has 0 aliphatic carbocycles. The molecular formula is C18H24FN3O2. The number of benzene rings is 1. The molecule has 1 fully saturated rings. The maximum absolute atomic E-state index is 14.0. The van der Waals surface area contributed by atoms with Gasteiger partial charge < -0.3 is 14.4 Å². The van der Waals surface area contributed by atoms with Crippen molar-refractivity contribution in [3.8, 4) is 5.75 Å². The summed E-state index contributed by atoms with van der Waals surface area (Å²) in [6.07, 6.45) is 5.77. The van der Waals surface area contributed by atoms with Gasteiger partial charge in [0.1, 0.15) is 12.1 Å². The summed E-state index contributed by atoms with van der Waals surface area (Å²) in [4.78, 5) is 11.1. The van der Waals surface area contributed by atoms with Crippen molar-refractivity contribution in [3.05, 3.63) is 24.3 Å². The van der Waals surface area contributed by atoms with E-state index in [1.807, 2.05) is 0 Å². The fourth-order valence-corrected chi connectivity index (χ4v) is 3.90. The van der Waals surface area contributed by atoms with Crippen LogP contribution in [0.2, 0.25) is 0 Å². The molecule has 2 heterocycles. The van der Waals surface area contributed by atoms with Crippen LogP contribution in [-0.4, -0.2) is 42.9 Å². The summed E-state index contributed by atoms with van der Waals surface area (Å²) in [6.45, 7) is 3.75. The zero-order chi connectivity index (χ0) is 17.2. The highest BCUT2D eigenvalue weighted by Crippen LogP contribution is 2.40. The largest absolute Gasteiger partial charge is 0.494 e. The molecular weight excluding hydrogens is 309 g/mol. The molecule has 6 heteroatoms. The van der Waals surface area contributed by atoms with Crippen molar-refractivity contribution in [1.29, 1.82) is 0 Å². The fourth-order valence-electron chi connectivity index (χ4n) is 3.90. The lowest BCUT2D eigenvalue weighted by atomic mass is 9.91. The van der Waals surface area contributed by atoms with Gasteiger partial charge in [0, 0.05) is 25.1 Å². The molecule has 1 aromatic carbocycles. The van der Waals surface area contributed by atoms with Crippen LogP contribution in [0.5, 0.6) is 5.75 Å². The Labute approximate surface area is 141 Å². The first-order valence-corrected chi connectivity index (χ1v) is 8.40. The first-order chi connectivity index (χ1) is 11.6. The normalized spacial score (nSPS) is 20.8. The van der Waals surface area contributed by atoms with Crippen LogP contribution in [0, 0.1) is 5.82 Å². The van der Waals surface area contributed by atoms with Crippen LogP contribution in [0.15, 0.2) is 18.5 Å². The Morgan fingerprint density at radius 2 is 2.12 bits per heavy atom. The number of aromatic nitrogens is 2. The number of nitrogens with zero attached hydrogens (tertiary/aromatic N) is 3. The van der Waals surface area contributed by atoms with E-state index >= 15 is 0 Å². The molecule has 0 amide bonds. The van der Waals surface area contributed by atoms with Gasteiger partial charge in [0.15, 0.2) is 11.6 Å². The van der Waals surface area contributed by atoms with Gasteiger partial charge in [-0.1, -0.05) is 13.3 Å². The highest BCUT2D eigenvalue weighted by Gasteiger charge is 2.41. The summed E-state index contributed by atoms with van der Waals surface area (Å²) in [6, 6.07) is 3.11. The molecule has 0 spiro atoms. The summed E-state index contributed by atoms with van der Waals surface area (Å²) in [7, 11) is 3.21. The summed E-state index contributed by atoms with van der Waals surface area (Å²) in [5, 5.41) is 0.814. The molecule has 130 valence electrons. The Balaban J connectivity index is 2.13. The summed E-state index contributed by atoms with van der Waals surface area (Å²) < 4.78 is 24.7. The van der Waals surface area contributed by atoms with Gasteiger partial charge >= 0.3 is 0 Å². The van der Waals surface area contributed by atoms with Crippen molar-refractivity contribution < 1.29 is 13.9 Å². The van der Waals surface area contributed by atoms with E-state index in [0.717, 1.165) is 43.4 Å². The minimum Gasteiger partial charge on any atom is -0.494 e. The van der Waals surface area contributed by atoms with Crippen molar-refractivity contribution in [2.45, 2.75) is 38.1 Å². The Morgan fingerprint density at radius 1 is 1.29 bits per heavy atom. The number of anilines is 1. The monoisotopic (exact) mass is 333 g/mol. The average molecular weight is 333 g/mol. The number of methoxy groups -OCH3 is 2. The van der Waals surface area contributed by atoms with Gasteiger partial charge in [0.25, 0.3) is 0 Å². The maximum atomic E-state index is 14.0. The van der Waals surface area contributed by atoms with Gasteiger partial charge in [-0.15, -0.1) is 0 Å². The standard InChI is InChI=1S/C18H24FN3O2/c1-4-6-18(11-23-2)7-5-8-22(18)17-13-9-16(24-3)14(19)10-15(13)20-12-21-17/h9-10,12H,4-8,11H2,1-3H3. The van der Waals surface area contributed by atoms with Gasteiger partial charge in [-0.25, -0.2) is 14.4 Å². The zero-order valence-electron chi connectivity index (χ0n) is 14.5. The number of hydrogen-bond donors (Lipinski definition) is 0. The Hall–Kier alpha value is -1.95. The minimum atomic E-state index is -0.409. The number of fused-ring (bicyclic) bond motifs is 1. The van der Waals surface area contributed by atoms with E-state index in [9.17, 15) is 4.39 Å². The quantitative estimate of drug-likeness (QED) is 0.809. The molecule has 0 N–H and O–H groups in total. The van der Waals surface area contributed by atoms with Crippen molar-refractivity contribution in [2.75, 3.05) is 32.3 Å². The topological polar surface area (TPSA) is 47.5 Å². The number of hydrogen-bond acceptors (Lipinski definition) is 5. The molecule has 1 saturated heterocycles. The lowest BCUT2D eigenvalue weighted by Gasteiger charge is -2.39. The van der Waals surface area contributed by atoms with E-state index in [-0.39, 0.29) is 11.3 Å². The second-order valence-corrected chi connectivity index (χ2v) is 6.36. The molecule has 0 radical (unpaired) electrons. The van der Waals surface area contributed by atoms with Crippen LogP contribution in [0.1, 0.15) is 32.6 Å². The van der Waals surface area contributed by atoms with Crippen LogP contribution in [-0.2, 0) is 4.74 Å². The molecule has 24 heavy (non-hydrogen) atoms. The first kappa shape index (κ1) is 16.9. The van der Waals surface area contributed by atoms with Crippen LogP contribution in [0.4, 0.5) is 10.2 Å². The van der Waals surface area contributed by atoms with Crippen LogP contribution in [0.25, 0.3) is 10.9 Å². The number of ether oxygens (including phenoxy) is 2. The molecule has 0 saturated carbocycles. The van der Waals surface area contributed by atoms with E-state index in [1.54, 1.807) is 13.2 Å². The summed E-state index contributed by atoms with van der Waals surface area (Å²) >= 11 is 0. The summed E-state index contributed by atoms with van der Waals surface area (Å²) in [5.41, 5.74) is 0.528. The van der Waals surface area contributed by atoms with E-state index in [4.69, 9.17) is 9.47 Å². The average Bonchev–Trinajstić information content (AvgIpc) is 2.97. The van der Waals surface area contributed by atoms with E-state index in [1.165, 1.54) is 19.5 Å². The molecule has 3 rings (SSSR count). The van der Waals surface area contributed by atoms with Gasteiger partial charge in [-0.2, -0.15) is 0 Å². The molecule has 1 atom stereocenters. The molecule has 1 aliphatic rings.